The number of nitrogens with one attached hydrogen (secondary N) is 1. The molecule has 1 aromatic heterocycles. The maximum Gasteiger partial charge on any atom is 0.321 e. The van der Waals surface area contributed by atoms with Gasteiger partial charge in [0.25, 0.3) is 0 Å². The minimum absolute atomic E-state index is 0.0119. The number of aliphatic hydroxyl groups is 1. The molecule has 14 heteroatoms. The van der Waals surface area contributed by atoms with E-state index in [4.69, 9.17) is 9.47 Å². The van der Waals surface area contributed by atoms with Crippen molar-refractivity contribution in [1.82, 2.24) is 24.4 Å². The summed E-state index contributed by atoms with van der Waals surface area (Å²) < 4.78 is 39.9. The van der Waals surface area contributed by atoms with E-state index in [0.717, 1.165) is 16.3 Å². The van der Waals surface area contributed by atoms with E-state index >= 15 is 0 Å². The molecule has 5 rings (SSSR count). The van der Waals surface area contributed by atoms with E-state index in [0.29, 0.717) is 31.1 Å². The van der Waals surface area contributed by atoms with Crippen molar-refractivity contribution in [2.75, 3.05) is 33.0 Å². The normalized spacial score (nSPS) is 16.6. The molecule has 3 atom stereocenters. The summed E-state index contributed by atoms with van der Waals surface area (Å²) >= 11 is 1.53. The summed E-state index contributed by atoms with van der Waals surface area (Å²) in [6, 6.07) is 12.0. The minimum atomic E-state index is -4.07. The molecule has 0 bridgehead atoms. The van der Waals surface area contributed by atoms with Gasteiger partial charge in [0.2, 0.25) is 22.7 Å². The Morgan fingerprint density at radius 3 is 2.46 bits per heavy atom. The molecule has 12 nitrogen and oxygen atoms in total. The highest BCUT2D eigenvalue weighted by Gasteiger charge is 2.40. The summed E-state index contributed by atoms with van der Waals surface area (Å²) in [6.45, 7) is 10.6. The zero-order valence-electron chi connectivity index (χ0n) is 28.0. The summed E-state index contributed by atoms with van der Waals surface area (Å²) in [5.74, 6) is 0.123. The molecule has 0 radical (unpaired) electrons. The van der Waals surface area contributed by atoms with E-state index in [-0.39, 0.29) is 49.1 Å². The second-order valence-corrected chi connectivity index (χ2v) is 16.0. The van der Waals surface area contributed by atoms with E-state index in [1.807, 2.05) is 70.3 Å². The number of ether oxygens (including phenoxy) is 2. The lowest BCUT2D eigenvalue weighted by molar-refractivity contribution is -0.128. The Bertz CT molecular complexity index is 1680. The van der Waals surface area contributed by atoms with Crippen molar-refractivity contribution in [1.29, 1.82) is 0 Å². The Morgan fingerprint density at radius 2 is 1.79 bits per heavy atom. The van der Waals surface area contributed by atoms with Crippen LogP contribution in [0.5, 0.6) is 11.5 Å². The molecule has 260 valence electrons. The highest BCUT2D eigenvalue weighted by Crippen LogP contribution is 2.35. The van der Waals surface area contributed by atoms with Gasteiger partial charge in [-0.15, -0.1) is 11.3 Å². The third kappa shape index (κ3) is 8.28. The van der Waals surface area contributed by atoms with Crippen LogP contribution >= 0.6 is 11.3 Å². The first-order valence-corrected chi connectivity index (χ1v) is 18.5. The number of carbonyl (C=O) groups excluding carboxylic acids is 2. The predicted molar refractivity (Wildman–Crippen MR) is 182 cm³/mol. The van der Waals surface area contributed by atoms with Crippen molar-refractivity contribution < 1.29 is 32.6 Å². The van der Waals surface area contributed by atoms with Crippen LogP contribution in [0.2, 0.25) is 0 Å². The number of aromatic nitrogens is 1. The topological polar surface area (TPSA) is 142 Å². The molecule has 2 aromatic carbocycles. The van der Waals surface area contributed by atoms with Gasteiger partial charge in [-0.3, -0.25) is 4.79 Å². The summed E-state index contributed by atoms with van der Waals surface area (Å²) in [6.07, 6.45) is -1.02. The Hall–Kier alpha value is -3.72. The van der Waals surface area contributed by atoms with Crippen molar-refractivity contribution in [2.45, 2.75) is 70.7 Å². The van der Waals surface area contributed by atoms with E-state index in [1.54, 1.807) is 15.9 Å². The van der Waals surface area contributed by atoms with Crippen molar-refractivity contribution in [2.24, 2.45) is 11.8 Å². The molecule has 0 saturated carbocycles. The summed E-state index contributed by atoms with van der Waals surface area (Å²) in [5.41, 5.74) is 1.67. The fraction of sp³-hybridized carbons (Fsp3) is 0.500. The minimum Gasteiger partial charge on any atom is -0.454 e. The lowest BCUT2D eigenvalue weighted by Gasteiger charge is -2.34. The van der Waals surface area contributed by atoms with Crippen molar-refractivity contribution in [3.63, 3.8) is 0 Å². The molecule has 1 saturated heterocycles. The van der Waals surface area contributed by atoms with Gasteiger partial charge in [0, 0.05) is 37.6 Å². The number of aliphatic hydroxyl groups excluding tert-OH is 1. The maximum atomic E-state index is 14.1. The van der Waals surface area contributed by atoms with Crippen LogP contribution < -0.4 is 14.8 Å². The first-order valence-electron chi connectivity index (χ1n) is 16.2. The molecule has 3 heterocycles. The van der Waals surface area contributed by atoms with Crippen molar-refractivity contribution in [3.05, 3.63) is 70.2 Å². The first-order chi connectivity index (χ1) is 22.8. The maximum absolute atomic E-state index is 14.1. The van der Waals surface area contributed by atoms with Gasteiger partial charge in [0.15, 0.2) is 11.5 Å². The number of nitrogens with zero attached hydrogens (tertiary/aromatic N) is 4. The number of hydrogen-bond acceptors (Lipinski definition) is 9. The number of thiazole rings is 1. The molecule has 1 fully saturated rings. The Labute approximate surface area is 286 Å². The van der Waals surface area contributed by atoms with E-state index in [9.17, 15) is 23.1 Å². The zero-order valence-corrected chi connectivity index (χ0v) is 29.7. The molecular weight excluding hydrogens is 655 g/mol. The first kappa shape index (κ1) is 35.6. The quantitative estimate of drug-likeness (QED) is 0.244. The number of hydrogen-bond donors (Lipinski definition) is 2. The van der Waals surface area contributed by atoms with Gasteiger partial charge in [-0.2, -0.15) is 4.31 Å². The van der Waals surface area contributed by atoms with Crippen LogP contribution in [0.15, 0.2) is 58.8 Å². The molecule has 48 heavy (non-hydrogen) atoms. The van der Waals surface area contributed by atoms with Crippen LogP contribution in [0.1, 0.15) is 44.0 Å². The van der Waals surface area contributed by atoms with Gasteiger partial charge in [0.05, 0.1) is 34.3 Å². The average molecular weight is 700 g/mol. The van der Waals surface area contributed by atoms with Gasteiger partial charge in [-0.1, -0.05) is 58.0 Å². The van der Waals surface area contributed by atoms with Gasteiger partial charge in [-0.05, 0) is 42.9 Å². The molecule has 3 amide bonds. The van der Waals surface area contributed by atoms with Gasteiger partial charge in [0.1, 0.15) is 6.04 Å². The molecule has 2 N–H and O–H groups in total. The van der Waals surface area contributed by atoms with E-state index in [2.05, 4.69) is 10.3 Å². The fourth-order valence-corrected chi connectivity index (χ4v) is 8.35. The number of rotatable bonds is 15. The number of sulfonamides is 1. The second kappa shape index (κ2) is 15.2. The SMILES string of the molecule is Cc1nc(CN2CCN(C(C(=O)N[C@@H](Cc3ccccc3)[C@H](O)CN(CC(C)C)S(=O)(=O)c3ccc4c(c3)OCO4)C(C)C)C2=O)cs1. The molecule has 0 aliphatic carbocycles. The van der Waals surface area contributed by atoms with Crippen molar-refractivity contribution >= 4 is 33.3 Å². The number of fused-ring (bicyclic) bond motifs is 1. The standard InChI is InChI=1S/C34H45N5O7S2/c1-22(2)17-38(48(43,44)27-11-12-30-31(16-27)46-21-45-30)19-29(40)28(15-25-9-7-6-8-10-25)36-33(41)32(23(3)4)39-14-13-37(34(39)42)18-26-20-47-24(5)35-26/h6-12,16,20,22-23,28-29,32,40H,13-15,17-19,21H2,1-5H3,(H,36,41)/t28-,29+,32?/m0/s1. The Balaban J connectivity index is 1.37. The number of aryl methyl sites for hydroxylation is 1. The second-order valence-electron chi connectivity index (χ2n) is 13.0. The fourth-order valence-electron chi connectivity index (χ4n) is 6.11. The Morgan fingerprint density at radius 1 is 1.06 bits per heavy atom. The summed E-state index contributed by atoms with van der Waals surface area (Å²) in [7, 11) is -4.07. The lowest BCUT2D eigenvalue weighted by Crippen LogP contribution is -2.57. The monoisotopic (exact) mass is 699 g/mol. The molecule has 0 spiro atoms. The molecule has 2 aliphatic heterocycles. The smallest absolute Gasteiger partial charge is 0.321 e. The highest BCUT2D eigenvalue weighted by atomic mass is 32.2. The van der Waals surface area contributed by atoms with Crippen LogP contribution in [0.3, 0.4) is 0 Å². The largest absolute Gasteiger partial charge is 0.454 e. The Kier molecular flexibility index (Phi) is 11.3. The summed E-state index contributed by atoms with van der Waals surface area (Å²) in [5, 5.41) is 17.6. The van der Waals surface area contributed by atoms with E-state index < -0.39 is 34.1 Å². The molecule has 3 aromatic rings. The van der Waals surface area contributed by atoms with Crippen LogP contribution in [0.4, 0.5) is 4.79 Å². The van der Waals surface area contributed by atoms with Crippen LogP contribution in [0.25, 0.3) is 0 Å². The van der Waals surface area contributed by atoms with Crippen LogP contribution in [-0.4, -0.2) is 95.7 Å². The van der Waals surface area contributed by atoms with Crippen LogP contribution in [0, 0.1) is 18.8 Å². The molecular formula is C34H45N5O7S2. The summed E-state index contributed by atoms with van der Waals surface area (Å²) in [4.78, 5) is 35.4. The molecule has 1 unspecified atom stereocenters. The number of carbonyl (C=O) groups is 2. The van der Waals surface area contributed by atoms with Gasteiger partial charge >= 0.3 is 6.03 Å². The number of amides is 3. The average Bonchev–Trinajstić information content (AvgIpc) is 3.77. The van der Waals surface area contributed by atoms with Gasteiger partial charge < -0.3 is 29.7 Å². The van der Waals surface area contributed by atoms with E-state index in [1.165, 1.54) is 27.8 Å². The van der Waals surface area contributed by atoms with Crippen LogP contribution in [-0.2, 0) is 27.8 Å². The molecule has 2 aliphatic rings. The lowest BCUT2D eigenvalue weighted by atomic mass is 9.97. The number of benzene rings is 2. The number of urea groups is 1. The third-order valence-corrected chi connectivity index (χ3v) is 11.1. The van der Waals surface area contributed by atoms with Gasteiger partial charge in [-0.25, -0.2) is 18.2 Å². The zero-order chi connectivity index (χ0) is 34.6. The third-order valence-electron chi connectivity index (χ3n) is 8.41. The highest BCUT2D eigenvalue weighted by molar-refractivity contribution is 7.89. The predicted octanol–water partition coefficient (Wildman–Crippen LogP) is 3.88. The van der Waals surface area contributed by atoms with Crippen molar-refractivity contribution in [3.8, 4) is 11.5 Å².